The molecular weight excluding hydrogens is 442 g/mol. The Kier molecular flexibility index (Phi) is 7.00. The van der Waals surface area contributed by atoms with Crippen LogP contribution in [0.15, 0.2) is 30.5 Å². The van der Waals surface area contributed by atoms with Gasteiger partial charge in [0.1, 0.15) is 42.7 Å². The molecule has 182 valence electrons. The fourth-order valence-electron chi connectivity index (χ4n) is 4.29. The Balaban J connectivity index is 1.69. The van der Waals surface area contributed by atoms with Gasteiger partial charge in [-0.1, -0.05) is 18.2 Å². The van der Waals surface area contributed by atoms with Gasteiger partial charge in [0.15, 0.2) is 12.5 Å². The van der Waals surface area contributed by atoms with Crippen LogP contribution in [-0.2, 0) is 25.4 Å². The third kappa shape index (κ3) is 4.49. The van der Waals surface area contributed by atoms with Gasteiger partial charge >= 0.3 is 5.97 Å². The van der Waals surface area contributed by atoms with Crippen LogP contribution in [0.2, 0.25) is 0 Å². The molecule has 0 radical (unpaired) electrons. The van der Waals surface area contributed by atoms with Crippen LogP contribution in [0.25, 0.3) is 10.9 Å². The zero-order chi connectivity index (χ0) is 23.9. The van der Waals surface area contributed by atoms with Crippen molar-refractivity contribution in [3.63, 3.8) is 0 Å². The molecule has 33 heavy (non-hydrogen) atoms. The van der Waals surface area contributed by atoms with Crippen molar-refractivity contribution < 1.29 is 54.8 Å². The molecule has 2 aliphatic rings. The van der Waals surface area contributed by atoms with Crippen LogP contribution in [0.5, 0.6) is 0 Å². The lowest BCUT2D eigenvalue weighted by Crippen LogP contribution is -2.62. The van der Waals surface area contributed by atoms with Crippen molar-refractivity contribution in [3.8, 4) is 0 Å². The second-order valence-corrected chi connectivity index (χ2v) is 8.23. The molecule has 7 N–H and O–H groups in total. The highest BCUT2D eigenvalue weighted by Gasteiger charge is 2.49. The van der Waals surface area contributed by atoms with Gasteiger partial charge in [0.2, 0.25) is 0 Å². The van der Waals surface area contributed by atoms with Crippen molar-refractivity contribution >= 4 is 16.9 Å². The van der Waals surface area contributed by atoms with E-state index in [1.165, 1.54) is 0 Å². The van der Waals surface area contributed by atoms with Gasteiger partial charge in [-0.3, -0.25) is 4.79 Å². The number of hydrogen-bond donors (Lipinski definition) is 7. The number of carbonyl (C=O) groups is 1. The third-order valence-electron chi connectivity index (χ3n) is 6.03. The van der Waals surface area contributed by atoms with Gasteiger partial charge in [0.25, 0.3) is 0 Å². The van der Waals surface area contributed by atoms with Crippen LogP contribution in [-0.4, -0.2) is 109 Å². The predicted octanol–water partition coefficient (Wildman–Crippen LogP) is -2.30. The van der Waals surface area contributed by atoms with Gasteiger partial charge in [-0.05, 0) is 11.6 Å². The van der Waals surface area contributed by atoms with Gasteiger partial charge < -0.3 is 54.5 Å². The normalized spacial score (nSPS) is 37.3. The summed E-state index contributed by atoms with van der Waals surface area (Å²) in [5.74, 6) is -1.04. The Hall–Kier alpha value is -2.13. The van der Waals surface area contributed by atoms with Gasteiger partial charge in [-0.2, -0.15) is 0 Å². The number of aromatic nitrogens is 1. The summed E-state index contributed by atoms with van der Waals surface area (Å²) >= 11 is 0. The van der Waals surface area contributed by atoms with Crippen molar-refractivity contribution in [2.24, 2.45) is 0 Å². The number of benzene rings is 1. The molecule has 0 bridgehead atoms. The monoisotopic (exact) mass is 469 g/mol. The number of carboxylic acid groups (broad SMARTS) is 1. The molecule has 0 amide bonds. The van der Waals surface area contributed by atoms with E-state index in [4.69, 9.17) is 14.2 Å². The van der Waals surface area contributed by atoms with Crippen LogP contribution in [0.3, 0.4) is 0 Å². The molecule has 0 unspecified atom stereocenters. The summed E-state index contributed by atoms with van der Waals surface area (Å²) in [5, 5.41) is 70.5. The molecule has 0 spiro atoms. The Bertz CT molecular complexity index is 978. The molecule has 1 aromatic heterocycles. The highest BCUT2D eigenvalue weighted by molar-refractivity contribution is 5.87. The van der Waals surface area contributed by atoms with Crippen molar-refractivity contribution in [2.45, 2.75) is 61.7 Å². The number of rotatable bonds is 6. The Morgan fingerprint density at radius 2 is 1.79 bits per heavy atom. The molecule has 0 aliphatic carbocycles. The van der Waals surface area contributed by atoms with Crippen LogP contribution < -0.4 is 0 Å². The standard InChI is InChI=1S/C21H27NO11/c23-7-13-16(28)17(29)18(30)21(32-13)33-19-15(27)12(24)8-31-20(19)22-6-9(5-14(25)26)10-3-1-2-4-11(10)22/h1-4,6,12-13,15-21,23-24,27-30H,5,7-8H2,(H,25,26)/t12-,13-,15-,16-,17+,18-,19-,20+,21-/m1/s1. The summed E-state index contributed by atoms with van der Waals surface area (Å²) < 4.78 is 18.4. The van der Waals surface area contributed by atoms with Crippen LogP contribution in [0, 0.1) is 0 Å². The quantitative estimate of drug-likeness (QED) is 0.241. The first-order valence-corrected chi connectivity index (χ1v) is 10.5. The summed E-state index contributed by atoms with van der Waals surface area (Å²) in [5.41, 5.74) is 1.08. The predicted molar refractivity (Wildman–Crippen MR) is 109 cm³/mol. The molecule has 9 atom stereocenters. The van der Waals surface area contributed by atoms with Gasteiger partial charge in [0, 0.05) is 11.6 Å². The summed E-state index contributed by atoms with van der Waals surface area (Å²) in [4.78, 5) is 11.3. The SMILES string of the molecule is O=C(O)Cc1cn([C@H]2OC[C@@H](O)[C@@H](O)[C@H]2O[C@H]2O[C@H](CO)[C@@H](O)[C@H](O)[C@H]2O)c2ccccc12. The molecule has 1 aromatic carbocycles. The first-order chi connectivity index (χ1) is 15.7. The Labute approximate surface area is 187 Å². The summed E-state index contributed by atoms with van der Waals surface area (Å²) in [6, 6.07) is 6.96. The van der Waals surface area contributed by atoms with E-state index in [1.807, 2.05) is 0 Å². The lowest BCUT2D eigenvalue weighted by Gasteiger charge is -2.44. The van der Waals surface area contributed by atoms with E-state index in [9.17, 15) is 40.5 Å². The van der Waals surface area contributed by atoms with Gasteiger partial charge in [-0.15, -0.1) is 0 Å². The average Bonchev–Trinajstić information content (AvgIpc) is 3.14. The van der Waals surface area contributed by atoms with Crippen molar-refractivity contribution in [2.75, 3.05) is 13.2 Å². The number of aliphatic hydroxyl groups excluding tert-OH is 6. The number of para-hydroxylation sites is 1. The molecule has 4 rings (SSSR count). The van der Waals surface area contributed by atoms with Crippen molar-refractivity contribution in [1.29, 1.82) is 0 Å². The lowest BCUT2D eigenvalue weighted by atomic mass is 9.98. The van der Waals surface area contributed by atoms with Crippen LogP contribution in [0.4, 0.5) is 0 Å². The molecule has 2 aromatic rings. The topological polar surface area (TPSA) is 191 Å². The Morgan fingerprint density at radius 3 is 2.48 bits per heavy atom. The van der Waals surface area contributed by atoms with E-state index >= 15 is 0 Å². The summed E-state index contributed by atoms with van der Waals surface area (Å²) in [6.07, 6.45) is -11.8. The van der Waals surface area contributed by atoms with E-state index in [1.54, 1.807) is 35.0 Å². The van der Waals surface area contributed by atoms with Gasteiger partial charge in [-0.25, -0.2) is 0 Å². The minimum atomic E-state index is -1.72. The number of fused-ring (bicyclic) bond motifs is 1. The largest absolute Gasteiger partial charge is 0.481 e. The smallest absolute Gasteiger partial charge is 0.307 e. The van der Waals surface area contributed by atoms with E-state index in [2.05, 4.69) is 0 Å². The molecule has 3 heterocycles. The average molecular weight is 469 g/mol. The molecule has 12 heteroatoms. The zero-order valence-corrected chi connectivity index (χ0v) is 17.4. The fourth-order valence-corrected chi connectivity index (χ4v) is 4.29. The molecule has 2 saturated heterocycles. The highest BCUT2D eigenvalue weighted by atomic mass is 16.7. The fraction of sp³-hybridized carbons (Fsp3) is 0.571. The van der Waals surface area contributed by atoms with Crippen molar-refractivity contribution in [1.82, 2.24) is 4.57 Å². The molecule has 2 aliphatic heterocycles. The minimum Gasteiger partial charge on any atom is -0.481 e. The molecule has 0 saturated carbocycles. The number of nitrogens with zero attached hydrogens (tertiary/aromatic N) is 1. The lowest BCUT2D eigenvalue weighted by molar-refractivity contribution is -0.341. The van der Waals surface area contributed by atoms with Gasteiger partial charge in [0.05, 0.1) is 25.2 Å². The number of aliphatic hydroxyl groups is 6. The van der Waals surface area contributed by atoms with Crippen LogP contribution in [0.1, 0.15) is 11.8 Å². The maximum absolute atomic E-state index is 11.3. The third-order valence-corrected chi connectivity index (χ3v) is 6.03. The first kappa shape index (κ1) is 24.0. The maximum atomic E-state index is 11.3. The summed E-state index contributed by atoms with van der Waals surface area (Å²) in [7, 11) is 0. The van der Waals surface area contributed by atoms with E-state index in [0.717, 1.165) is 0 Å². The van der Waals surface area contributed by atoms with Crippen LogP contribution >= 0.6 is 0 Å². The van der Waals surface area contributed by atoms with E-state index < -0.39 is 67.8 Å². The Morgan fingerprint density at radius 1 is 1.06 bits per heavy atom. The summed E-state index contributed by atoms with van der Waals surface area (Å²) in [6.45, 7) is -0.914. The van der Waals surface area contributed by atoms with E-state index in [-0.39, 0.29) is 13.0 Å². The maximum Gasteiger partial charge on any atom is 0.307 e. The number of carboxylic acids is 1. The second kappa shape index (κ2) is 9.62. The van der Waals surface area contributed by atoms with Crippen molar-refractivity contribution in [3.05, 3.63) is 36.0 Å². The number of aliphatic carboxylic acids is 1. The molecule has 2 fully saturated rings. The highest BCUT2D eigenvalue weighted by Crippen LogP contribution is 2.35. The first-order valence-electron chi connectivity index (χ1n) is 10.5. The number of hydrogen-bond acceptors (Lipinski definition) is 10. The molecular formula is C21H27NO11. The second-order valence-electron chi connectivity index (χ2n) is 8.23. The zero-order valence-electron chi connectivity index (χ0n) is 17.4. The van der Waals surface area contributed by atoms with E-state index in [0.29, 0.717) is 16.5 Å². The number of ether oxygens (including phenoxy) is 3. The minimum absolute atomic E-state index is 0.249. The molecule has 12 nitrogen and oxygen atoms in total.